The minimum atomic E-state index is 1.09. The highest BCUT2D eigenvalue weighted by atomic mass is 32.1. The number of benzene rings is 10. The third-order valence-corrected chi connectivity index (χ3v) is 12.3. The standard InChI is InChI=1S/C54H36N2S/c1-3-13-37(14-4-1)40-23-27-46(28-24-40)56(48-30-26-39-16-8-10-18-42(39)34-48)53-51(32-31-49-50-35-43-19-11-12-20-44(43)36-52(50)57-54(49)53)55(45-21-5-2-6-22-45)47-29-25-38-15-7-9-17-41(38)33-47/h1-36H. The van der Waals surface area contributed by atoms with Crippen molar-refractivity contribution in [3.05, 3.63) is 218 Å². The van der Waals surface area contributed by atoms with Crippen molar-refractivity contribution in [1.82, 2.24) is 0 Å². The van der Waals surface area contributed by atoms with Crippen molar-refractivity contribution in [2.75, 3.05) is 9.80 Å². The van der Waals surface area contributed by atoms with E-state index in [-0.39, 0.29) is 0 Å². The predicted molar refractivity (Wildman–Crippen MR) is 247 cm³/mol. The Kier molecular flexibility index (Phi) is 8.04. The molecule has 0 atom stereocenters. The summed E-state index contributed by atoms with van der Waals surface area (Å²) in [7, 11) is 0. The lowest BCUT2D eigenvalue weighted by Crippen LogP contribution is -2.17. The topological polar surface area (TPSA) is 6.48 Å². The minimum absolute atomic E-state index is 1.09. The van der Waals surface area contributed by atoms with Gasteiger partial charge in [-0.15, -0.1) is 11.3 Å². The molecule has 0 aliphatic rings. The summed E-state index contributed by atoms with van der Waals surface area (Å²) < 4.78 is 2.51. The maximum absolute atomic E-state index is 2.49. The molecule has 2 nitrogen and oxygen atoms in total. The number of thiophene rings is 1. The number of rotatable bonds is 7. The Hall–Kier alpha value is -7.20. The highest BCUT2D eigenvalue weighted by Crippen LogP contribution is 2.53. The smallest absolute Gasteiger partial charge is 0.0883 e. The fourth-order valence-corrected chi connectivity index (χ4v) is 9.64. The Morgan fingerprint density at radius 2 is 0.772 bits per heavy atom. The molecule has 10 aromatic carbocycles. The zero-order valence-corrected chi connectivity index (χ0v) is 31.9. The molecule has 0 aliphatic heterocycles. The van der Waals surface area contributed by atoms with Crippen LogP contribution in [0.25, 0.3) is 63.6 Å². The molecule has 0 N–H and O–H groups in total. The molecule has 0 saturated carbocycles. The van der Waals surface area contributed by atoms with Gasteiger partial charge in [0.05, 0.1) is 16.1 Å². The van der Waals surface area contributed by atoms with Gasteiger partial charge < -0.3 is 9.80 Å². The molecule has 0 radical (unpaired) electrons. The summed E-state index contributed by atoms with van der Waals surface area (Å²) >= 11 is 1.88. The van der Waals surface area contributed by atoms with Gasteiger partial charge in [0.1, 0.15) is 0 Å². The van der Waals surface area contributed by atoms with Crippen LogP contribution in [0.5, 0.6) is 0 Å². The molecule has 0 aliphatic carbocycles. The largest absolute Gasteiger partial charge is 0.308 e. The van der Waals surface area contributed by atoms with E-state index in [9.17, 15) is 0 Å². The Morgan fingerprint density at radius 1 is 0.298 bits per heavy atom. The molecule has 57 heavy (non-hydrogen) atoms. The number of nitrogens with zero attached hydrogens (tertiary/aromatic N) is 2. The van der Waals surface area contributed by atoms with Crippen LogP contribution in [0, 0.1) is 0 Å². The van der Waals surface area contributed by atoms with E-state index in [1.165, 1.54) is 63.6 Å². The molecule has 268 valence electrons. The van der Waals surface area contributed by atoms with Gasteiger partial charge >= 0.3 is 0 Å². The Bertz CT molecular complexity index is 3240. The van der Waals surface area contributed by atoms with Crippen LogP contribution in [0.15, 0.2) is 218 Å². The molecule has 1 aromatic heterocycles. The van der Waals surface area contributed by atoms with Crippen LogP contribution >= 0.6 is 11.3 Å². The Labute approximate surface area is 335 Å². The number of hydrogen-bond donors (Lipinski definition) is 0. The number of para-hydroxylation sites is 1. The van der Waals surface area contributed by atoms with Crippen molar-refractivity contribution in [1.29, 1.82) is 0 Å². The summed E-state index contributed by atoms with van der Waals surface area (Å²) in [4.78, 5) is 4.93. The van der Waals surface area contributed by atoms with Crippen molar-refractivity contribution in [3.63, 3.8) is 0 Å². The Morgan fingerprint density at radius 3 is 1.40 bits per heavy atom. The summed E-state index contributed by atoms with van der Waals surface area (Å²) in [5.41, 5.74) is 9.01. The highest BCUT2D eigenvalue weighted by Gasteiger charge is 2.27. The molecule has 3 heteroatoms. The first-order valence-electron chi connectivity index (χ1n) is 19.4. The van der Waals surface area contributed by atoms with E-state index in [0.717, 1.165) is 34.1 Å². The average molecular weight is 745 g/mol. The first kappa shape index (κ1) is 33.2. The highest BCUT2D eigenvalue weighted by molar-refractivity contribution is 7.26. The van der Waals surface area contributed by atoms with Crippen LogP contribution in [0.2, 0.25) is 0 Å². The van der Waals surface area contributed by atoms with E-state index in [1.54, 1.807) is 0 Å². The predicted octanol–water partition coefficient (Wildman–Crippen LogP) is 16.1. The van der Waals surface area contributed by atoms with E-state index in [1.807, 2.05) is 11.3 Å². The second-order valence-corrected chi connectivity index (χ2v) is 15.6. The summed E-state index contributed by atoms with van der Waals surface area (Å²) in [6.45, 7) is 0. The molecular weight excluding hydrogens is 709 g/mol. The van der Waals surface area contributed by atoms with Gasteiger partial charge in [-0.3, -0.25) is 0 Å². The quantitative estimate of drug-likeness (QED) is 0.160. The maximum atomic E-state index is 2.49. The minimum Gasteiger partial charge on any atom is -0.308 e. The average Bonchev–Trinajstić information content (AvgIpc) is 3.64. The van der Waals surface area contributed by atoms with E-state index in [2.05, 4.69) is 228 Å². The van der Waals surface area contributed by atoms with Crippen LogP contribution in [0.4, 0.5) is 34.1 Å². The van der Waals surface area contributed by atoms with Gasteiger partial charge in [0.2, 0.25) is 0 Å². The molecule has 11 aromatic rings. The fourth-order valence-electron chi connectivity index (χ4n) is 8.37. The van der Waals surface area contributed by atoms with Crippen LogP contribution in [-0.2, 0) is 0 Å². The zero-order valence-electron chi connectivity index (χ0n) is 31.1. The lowest BCUT2D eigenvalue weighted by Gasteiger charge is -2.34. The van der Waals surface area contributed by atoms with Crippen LogP contribution < -0.4 is 9.80 Å². The SMILES string of the molecule is c1ccc(-c2ccc(N(c3ccc4ccccc4c3)c3c(N(c4ccccc4)c4ccc5ccccc5c4)ccc4c3sc3cc5ccccc5cc34)cc2)cc1. The molecule has 0 unspecified atom stereocenters. The van der Waals surface area contributed by atoms with Gasteiger partial charge in [-0.1, -0.05) is 152 Å². The third kappa shape index (κ3) is 5.88. The molecule has 1 heterocycles. The van der Waals surface area contributed by atoms with Gasteiger partial charge in [-0.2, -0.15) is 0 Å². The first-order valence-corrected chi connectivity index (χ1v) is 20.2. The van der Waals surface area contributed by atoms with Gasteiger partial charge in [0.25, 0.3) is 0 Å². The van der Waals surface area contributed by atoms with Crippen LogP contribution in [0.1, 0.15) is 0 Å². The van der Waals surface area contributed by atoms with Crippen molar-refractivity contribution < 1.29 is 0 Å². The molecule has 0 saturated heterocycles. The summed E-state index contributed by atoms with van der Waals surface area (Å²) in [6.07, 6.45) is 0. The van der Waals surface area contributed by atoms with Crippen molar-refractivity contribution in [3.8, 4) is 11.1 Å². The van der Waals surface area contributed by atoms with E-state index < -0.39 is 0 Å². The lowest BCUT2D eigenvalue weighted by atomic mass is 10.0. The van der Waals surface area contributed by atoms with Gasteiger partial charge in [-0.25, -0.2) is 0 Å². The van der Waals surface area contributed by atoms with E-state index in [0.29, 0.717) is 0 Å². The first-order chi connectivity index (χ1) is 28.2. The van der Waals surface area contributed by atoms with Gasteiger partial charge in [0.15, 0.2) is 0 Å². The van der Waals surface area contributed by atoms with Crippen molar-refractivity contribution in [2.45, 2.75) is 0 Å². The van der Waals surface area contributed by atoms with Crippen LogP contribution in [0.3, 0.4) is 0 Å². The Balaban J connectivity index is 1.25. The number of fused-ring (bicyclic) bond motifs is 6. The third-order valence-electron chi connectivity index (χ3n) is 11.2. The monoisotopic (exact) mass is 744 g/mol. The molecule has 0 spiro atoms. The summed E-state index contributed by atoms with van der Waals surface area (Å²) in [6, 6.07) is 79.6. The summed E-state index contributed by atoms with van der Waals surface area (Å²) in [5.74, 6) is 0. The number of hydrogen-bond acceptors (Lipinski definition) is 3. The molecule has 11 rings (SSSR count). The summed E-state index contributed by atoms with van der Waals surface area (Å²) in [5, 5.41) is 9.87. The molecule has 0 fully saturated rings. The van der Waals surface area contributed by atoms with Crippen molar-refractivity contribution in [2.24, 2.45) is 0 Å². The van der Waals surface area contributed by atoms with Gasteiger partial charge in [0, 0.05) is 38.2 Å². The van der Waals surface area contributed by atoms with Crippen LogP contribution in [-0.4, -0.2) is 0 Å². The van der Waals surface area contributed by atoms with Gasteiger partial charge in [-0.05, 0) is 110 Å². The second kappa shape index (κ2) is 13.8. The molecule has 0 bridgehead atoms. The normalized spacial score (nSPS) is 11.5. The fraction of sp³-hybridized carbons (Fsp3) is 0. The molecular formula is C54H36N2S. The van der Waals surface area contributed by atoms with Crippen molar-refractivity contribution >= 4 is 98.0 Å². The maximum Gasteiger partial charge on any atom is 0.0883 e. The van der Waals surface area contributed by atoms with E-state index >= 15 is 0 Å². The van der Waals surface area contributed by atoms with E-state index in [4.69, 9.17) is 0 Å². The second-order valence-electron chi connectivity index (χ2n) is 14.6. The molecule has 0 amide bonds. The number of anilines is 6. The zero-order chi connectivity index (χ0) is 37.7. The lowest BCUT2D eigenvalue weighted by molar-refractivity contribution is 1.24.